The number of pyridine rings is 2. The molecule has 10 aromatic carbocycles. The minimum atomic E-state index is -1.28. The molecule has 0 spiro atoms. The molecule has 63 heavy (non-hydrogen) atoms. The predicted molar refractivity (Wildman–Crippen MR) is 269 cm³/mol. The molecule has 0 N–H and O–H groups in total. The Bertz CT molecular complexity index is 5950. The van der Waals surface area contributed by atoms with Gasteiger partial charge in [0, 0.05) is 49.0 Å². The molecule has 3 aromatic heterocycles. The number of rotatable bonds is 6. The van der Waals surface area contributed by atoms with E-state index in [9.17, 15) is 24.7 Å². The lowest BCUT2D eigenvalue weighted by atomic mass is 9.87. The average Bonchev–Trinajstić information content (AvgIpc) is 1.04. The summed E-state index contributed by atoms with van der Waals surface area (Å²) in [6.45, 7) is 0. The molecule has 0 saturated carbocycles. The van der Waals surface area contributed by atoms with Gasteiger partial charge in [-0.2, -0.15) is 0 Å². The van der Waals surface area contributed by atoms with Gasteiger partial charge < -0.3 is 0 Å². The third-order valence-corrected chi connectivity index (χ3v) is 11.5. The third kappa shape index (κ3) is 5.71. The van der Waals surface area contributed by atoms with Crippen LogP contribution in [0, 0.1) is 0 Å². The van der Waals surface area contributed by atoms with E-state index in [1.165, 1.54) is 0 Å². The average molecular weight is 853 g/mol. The van der Waals surface area contributed by atoms with Crippen LogP contribution in [0.5, 0.6) is 0 Å². The van der Waals surface area contributed by atoms with E-state index >= 15 is 0 Å². The van der Waals surface area contributed by atoms with Gasteiger partial charge in [0.1, 0.15) is 0 Å². The summed E-state index contributed by atoms with van der Waals surface area (Å²) in [4.78, 5) is 7.10. The van der Waals surface area contributed by atoms with Crippen LogP contribution in [0.2, 0.25) is 0 Å². The normalized spacial score (nSPS) is 19.8. The van der Waals surface area contributed by atoms with Crippen molar-refractivity contribution < 1.29 is 49.3 Å². The van der Waals surface area contributed by atoms with E-state index in [-0.39, 0.29) is 16.7 Å². The van der Waals surface area contributed by atoms with Gasteiger partial charge in [-0.3, -0.25) is 4.98 Å². The zero-order valence-corrected chi connectivity index (χ0v) is 32.1. The predicted octanol–water partition coefficient (Wildman–Crippen LogP) is 16.9. The van der Waals surface area contributed by atoms with Gasteiger partial charge in [0.15, 0.2) is 0 Å². The van der Waals surface area contributed by atoms with E-state index in [1.807, 2.05) is 0 Å². The van der Waals surface area contributed by atoms with Crippen LogP contribution in [-0.4, -0.2) is 9.97 Å². The van der Waals surface area contributed by atoms with E-state index in [4.69, 9.17) is 24.7 Å². The van der Waals surface area contributed by atoms with E-state index in [0.29, 0.717) is 0 Å². The van der Waals surface area contributed by atoms with Gasteiger partial charge in [-0.05, 0) is 83.0 Å². The molecule has 13 aromatic rings. The molecular formula is C60H36N2S. The highest BCUT2D eigenvalue weighted by atomic mass is 32.1. The maximum Gasteiger partial charge on any atom is 0.0972 e. The first-order valence-electron chi connectivity index (χ1n) is 36.6. The zero-order valence-electron chi connectivity index (χ0n) is 67.3. The number of hydrogen-bond donors (Lipinski definition) is 0. The van der Waals surface area contributed by atoms with Crippen molar-refractivity contribution in [3.05, 3.63) is 218 Å². The molecule has 0 saturated heterocycles. The lowest BCUT2D eigenvalue weighted by Gasteiger charge is -2.15. The summed E-state index contributed by atoms with van der Waals surface area (Å²) in [6.07, 6.45) is -0.818. The maximum absolute atomic E-state index is 10.1. The second-order valence-corrected chi connectivity index (χ2v) is 14.7. The fourth-order valence-electron chi connectivity index (χ4n) is 7.53. The lowest BCUT2D eigenvalue weighted by Crippen LogP contribution is -1.91. The quantitative estimate of drug-likeness (QED) is 0.156. The van der Waals surface area contributed by atoms with Gasteiger partial charge in [-0.15, -0.1) is 11.3 Å². The molecule has 0 fully saturated rings. The molecule has 0 aliphatic rings. The van der Waals surface area contributed by atoms with Gasteiger partial charge in [-0.1, -0.05) is 199 Å². The van der Waals surface area contributed by atoms with Crippen molar-refractivity contribution in [3.63, 3.8) is 0 Å². The van der Waals surface area contributed by atoms with Crippen LogP contribution in [0.1, 0.15) is 49.3 Å². The third-order valence-electron chi connectivity index (χ3n) is 10.2. The Hall–Kier alpha value is -7.98. The highest BCUT2D eigenvalue weighted by molar-refractivity contribution is 7.20. The zero-order chi connectivity index (χ0) is 72.8. The van der Waals surface area contributed by atoms with Crippen molar-refractivity contribution in [3.8, 4) is 65.5 Å². The van der Waals surface area contributed by atoms with Crippen molar-refractivity contribution in [2.24, 2.45) is 0 Å². The van der Waals surface area contributed by atoms with Crippen molar-refractivity contribution >= 4 is 76.2 Å². The largest absolute Gasteiger partial charge is 0.254 e. The summed E-state index contributed by atoms with van der Waals surface area (Å²) < 4.78 is 332. The van der Waals surface area contributed by atoms with Gasteiger partial charge in [0.05, 0.1) is 66.1 Å². The molecule has 0 bridgehead atoms. The van der Waals surface area contributed by atoms with Crippen LogP contribution in [0.4, 0.5) is 0 Å². The number of thiophene rings is 1. The first kappa shape index (κ1) is 15.1. The molecule has 3 heterocycles. The Balaban J connectivity index is 1.23. The molecular weight excluding hydrogens is 781 g/mol. The van der Waals surface area contributed by atoms with E-state index in [2.05, 4.69) is 9.97 Å². The van der Waals surface area contributed by atoms with Crippen LogP contribution >= 0.6 is 11.3 Å². The number of nitrogens with zero attached hydrogens (tertiary/aromatic N) is 2. The number of fused-ring (bicyclic) bond motifs is 4. The Labute approximate surface area is 419 Å². The number of aromatic nitrogens is 2. The highest BCUT2D eigenvalue weighted by Crippen LogP contribution is 2.54. The molecule has 0 aliphatic heterocycles. The molecule has 0 radical (unpaired) electrons. The van der Waals surface area contributed by atoms with Crippen molar-refractivity contribution in [2.45, 2.75) is 0 Å². The minimum Gasteiger partial charge on any atom is -0.254 e. The second-order valence-electron chi connectivity index (χ2n) is 13.6. The highest BCUT2D eigenvalue weighted by Gasteiger charge is 2.25. The van der Waals surface area contributed by atoms with Crippen LogP contribution in [0.3, 0.4) is 0 Å². The van der Waals surface area contributed by atoms with Gasteiger partial charge in [0.25, 0.3) is 0 Å². The van der Waals surface area contributed by atoms with Crippen LogP contribution in [0.25, 0.3) is 130 Å². The molecule has 2 nitrogen and oxygen atoms in total. The van der Waals surface area contributed by atoms with Crippen LogP contribution in [-0.2, 0) is 0 Å². The van der Waals surface area contributed by atoms with Crippen LogP contribution < -0.4 is 0 Å². The first-order chi connectivity index (χ1) is 46.2. The van der Waals surface area contributed by atoms with E-state index < -0.39 is 343 Å². The molecule has 0 atom stereocenters. The topological polar surface area (TPSA) is 25.8 Å². The van der Waals surface area contributed by atoms with E-state index in [1.54, 1.807) is 0 Å². The fourth-order valence-corrected chi connectivity index (χ4v) is 8.81. The number of hydrogen-bond acceptors (Lipinski definition) is 3. The summed E-state index contributed by atoms with van der Waals surface area (Å²) >= 11 is 0.246. The molecule has 0 amide bonds. The second kappa shape index (κ2) is 14.3. The maximum atomic E-state index is 10.1. The summed E-state index contributed by atoms with van der Waals surface area (Å²) in [5.74, 6) is 0. The Morgan fingerprint density at radius 3 is 1.65 bits per heavy atom. The Kier molecular flexibility index (Phi) is 3.44. The fraction of sp³-hybridized carbons (Fsp3) is 0. The summed E-state index contributed by atoms with van der Waals surface area (Å²) in [5, 5.41) is -5.70. The first-order valence-corrected chi connectivity index (χ1v) is 19.4. The lowest BCUT2D eigenvalue weighted by molar-refractivity contribution is 1.37. The van der Waals surface area contributed by atoms with Crippen molar-refractivity contribution in [2.75, 3.05) is 0 Å². The molecule has 0 aliphatic carbocycles. The van der Waals surface area contributed by atoms with Crippen molar-refractivity contribution in [1.82, 2.24) is 9.97 Å². The van der Waals surface area contributed by atoms with Gasteiger partial charge >= 0.3 is 0 Å². The van der Waals surface area contributed by atoms with Crippen LogP contribution in [0.15, 0.2) is 218 Å². The summed E-state index contributed by atoms with van der Waals surface area (Å²) in [6, 6.07) is -34.9. The summed E-state index contributed by atoms with van der Waals surface area (Å²) in [5.41, 5.74) is -9.90. The molecule has 292 valence electrons. The van der Waals surface area contributed by atoms with Gasteiger partial charge in [0.2, 0.25) is 0 Å². The summed E-state index contributed by atoms with van der Waals surface area (Å²) in [7, 11) is 0. The monoisotopic (exact) mass is 852 g/mol. The van der Waals surface area contributed by atoms with Crippen molar-refractivity contribution in [1.29, 1.82) is 0 Å². The van der Waals surface area contributed by atoms with E-state index in [0.717, 1.165) is 0 Å². The van der Waals surface area contributed by atoms with Gasteiger partial charge in [-0.25, -0.2) is 4.98 Å². The Morgan fingerprint density at radius 2 is 0.873 bits per heavy atom. The molecule has 0 unspecified atom stereocenters. The SMILES string of the molecule is [2H]c1nc2c(c([2H])c1[2H])c([2H])c([2H])c1c([2H])c([2H])c(-c3c([2H])c([2H])c(-c4c([2H])c([2H])c(-c5c(-c6c([2H])c([2H])c([2H])c([2H])c6[2H])sc(-c6c([2H])c([2H])c7c([2H])c([2H])c8c([2H])c([2H])c([2H])c9c([2H])c([2H])c6c7c89)c5-c5c([2H])c([2H])c([2H])c([2H])c5[2H])c([2H])c4[2H])c4c([2H])c([2H])c([2H])c([2H])c34)nc12. The molecule has 3 heteroatoms. The number of benzene rings is 10. The smallest absolute Gasteiger partial charge is 0.0972 e. The Morgan fingerprint density at radius 1 is 0.333 bits per heavy atom. The minimum absolute atomic E-state index is 0.246. The standard InChI is InChI=1S/C60H36N2S/c1-3-11-38(12-4-1)56-55(59(45-13-5-2-6-14-45)63-60(56)51-32-29-41-25-24-39-15-9-16-40-28-31-50(51)54(41)53(39)40)42-22-20-37(21-23-42)46-33-34-49(48-19-8-7-18-47(46)48)52-35-30-44-27-26-43-17-10-36-61-57(43)58(44)62-52/h1-36H/i1D,2D,3D,4D,5D,6D,7D,8D,9D,10D,11D,12D,13D,14D,15D,16D,17D,18D,19D,20D,21D,22D,23D,24D,25D,26D,27D,28D,29D,30D,31D,32D,33D,34D,35D,36D. The molecule has 13 rings (SSSR count).